The molecule has 1 aliphatic carbocycles. The number of rotatable bonds is 5. The summed E-state index contributed by atoms with van der Waals surface area (Å²) in [5, 5.41) is 10.1. The Kier molecular flexibility index (Phi) is 3.76. The van der Waals surface area contributed by atoms with E-state index in [1.807, 2.05) is 24.3 Å². The number of nitrogens with zero attached hydrogens (tertiary/aromatic N) is 1. The van der Waals surface area contributed by atoms with E-state index in [1.165, 1.54) is 31.4 Å². The van der Waals surface area contributed by atoms with Crippen molar-refractivity contribution in [1.82, 2.24) is 4.90 Å². The van der Waals surface area contributed by atoms with Crippen LogP contribution in [-0.2, 0) is 0 Å². The Labute approximate surface area is 115 Å². The molecular formula is C16H23NO2. The first-order chi connectivity index (χ1) is 9.20. The number of benzene rings is 1. The van der Waals surface area contributed by atoms with Crippen LogP contribution in [0.25, 0.3) is 0 Å². The highest BCUT2D eigenvalue weighted by atomic mass is 16.5. The summed E-state index contributed by atoms with van der Waals surface area (Å²) in [5.74, 6) is 1.72. The number of fused-ring (bicyclic) bond motifs is 2. The number of aliphatic hydroxyl groups excluding tert-OH is 1. The van der Waals surface area contributed by atoms with Crippen molar-refractivity contribution in [1.29, 1.82) is 0 Å². The minimum Gasteiger partial charge on any atom is -0.491 e. The van der Waals surface area contributed by atoms with Gasteiger partial charge in [0.05, 0.1) is 0 Å². The molecule has 3 unspecified atom stereocenters. The molecule has 1 aromatic rings. The van der Waals surface area contributed by atoms with Gasteiger partial charge in [0.2, 0.25) is 0 Å². The zero-order valence-electron chi connectivity index (χ0n) is 11.6. The third-order valence-electron chi connectivity index (χ3n) is 4.43. The average Bonchev–Trinajstić information content (AvgIpc) is 3.00. The summed E-state index contributed by atoms with van der Waals surface area (Å²) in [6.45, 7) is 4.37. The highest BCUT2D eigenvalue weighted by Gasteiger charge is 2.38. The molecule has 0 spiro atoms. The Hall–Kier alpha value is -1.06. The number of β-amino-alcohol motifs (C(OH)–C–C–N with tert-alkyl or cyclic N) is 1. The molecule has 1 N–H and O–H groups in total. The second-order valence-electron chi connectivity index (χ2n) is 6.06. The van der Waals surface area contributed by atoms with Crippen LogP contribution in [0.5, 0.6) is 5.75 Å². The molecule has 3 heteroatoms. The van der Waals surface area contributed by atoms with E-state index in [1.54, 1.807) is 0 Å². The fourth-order valence-corrected chi connectivity index (χ4v) is 3.40. The lowest BCUT2D eigenvalue weighted by atomic mass is 10.1. The number of aryl methyl sites for hydroxylation is 1. The number of ether oxygens (including phenoxy) is 1. The number of piperidine rings is 1. The molecular weight excluding hydrogens is 238 g/mol. The minimum atomic E-state index is -0.388. The first-order valence-corrected chi connectivity index (χ1v) is 7.32. The Morgan fingerprint density at radius 3 is 2.74 bits per heavy atom. The Morgan fingerprint density at radius 2 is 2.11 bits per heavy atom. The average molecular weight is 261 g/mol. The van der Waals surface area contributed by atoms with Gasteiger partial charge in [0, 0.05) is 19.1 Å². The Bertz CT molecular complexity index is 417. The van der Waals surface area contributed by atoms with E-state index in [2.05, 4.69) is 11.8 Å². The molecule has 104 valence electrons. The summed E-state index contributed by atoms with van der Waals surface area (Å²) < 4.78 is 5.64. The van der Waals surface area contributed by atoms with Crippen molar-refractivity contribution in [2.24, 2.45) is 5.92 Å². The van der Waals surface area contributed by atoms with Crippen molar-refractivity contribution in [2.45, 2.75) is 38.3 Å². The number of likely N-dealkylation sites (tertiary alicyclic amines) is 1. The monoisotopic (exact) mass is 261 g/mol. The number of hydrogen-bond donors (Lipinski definition) is 1. The van der Waals surface area contributed by atoms with E-state index < -0.39 is 0 Å². The highest BCUT2D eigenvalue weighted by Crippen LogP contribution is 2.37. The van der Waals surface area contributed by atoms with Gasteiger partial charge in [-0.05, 0) is 44.2 Å². The zero-order chi connectivity index (χ0) is 13.2. The van der Waals surface area contributed by atoms with Gasteiger partial charge in [-0.1, -0.05) is 17.7 Å². The highest BCUT2D eigenvalue weighted by molar-refractivity contribution is 5.26. The normalized spacial score (nSPS) is 27.7. The predicted octanol–water partition coefficient (Wildman–Crippen LogP) is 2.22. The maximum absolute atomic E-state index is 10.1. The van der Waals surface area contributed by atoms with Crippen molar-refractivity contribution in [3.8, 4) is 5.75 Å². The van der Waals surface area contributed by atoms with Gasteiger partial charge in [-0.15, -0.1) is 0 Å². The van der Waals surface area contributed by atoms with Crippen molar-refractivity contribution in [3.05, 3.63) is 29.8 Å². The van der Waals surface area contributed by atoms with E-state index in [4.69, 9.17) is 4.74 Å². The predicted molar refractivity (Wildman–Crippen MR) is 75.4 cm³/mol. The van der Waals surface area contributed by atoms with Gasteiger partial charge in [-0.2, -0.15) is 0 Å². The first kappa shape index (κ1) is 12.9. The maximum atomic E-state index is 10.1. The van der Waals surface area contributed by atoms with Crippen LogP contribution in [0.4, 0.5) is 0 Å². The molecule has 3 rings (SSSR count). The van der Waals surface area contributed by atoms with Gasteiger partial charge in [-0.25, -0.2) is 0 Å². The molecule has 2 bridgehead atoms. The van der Waals surface area contributed by atoms with Crippen LogP contribution in [0.3, 0.4) is 0 Å². The SMILES string of the molecule is Cc1ccc(OCC(O)CN2CC3CCC2C3)cc1. The standard InChI is InChI=1S/C16H23NO2/c1-12-2-6-16(7-3-12)19-11-15(18)10-17-9-13-4-5-14(17)8-13/h2-3,6-7,13-15,18H,4-5,8-11H2,1H3. The van der Waals surface area contributed by atoms with Gasteiger partial charge in [0.1, 0.15) is 18.5 Å². The fraction of sp³-hybridized carbons (Fsp3) is 0.625. The fourth-order valence-electron chi connectivity index (χ4n) is 3.40. The lowest BCUT2D eigenvalue weighted by molar-refractivity contribution is 0.0573. The topological polar surface area (TPSA) is 32.7 Å². The second kappa shape index (κ2) is 5.51. The molecule has 1 heterocycles. The Morgan fingerprint density at radius 1 is 1.32 bits per heavy atom. The molecule has 0 radical (unpaired) electrons. The first-order valence-electron chi connectivity index (χ1n) is 7.32. The van der Waals surface area contributed by atoms with Crippen molar-refractivity contribution in [3.63, 3.8) is 0 Å². The van der Waals surface area contributed by atoms with Gasteiger partial charge in [0.25, 0.3) is 0 Å². The van der Waals surface area contributed by atoms with Gasteiger partial charge in [-0.3, -0.25) is 4.90 Å². The van der Waals surface area contributed by atoms with E-state index in [9.17, 15) is 5.11 Å². The van der Waals surface area contributed by atoms with Gasteiger partial charge in [0.15, 0.2) is 0 Å². The molecule has 0 amide bonds. The smallest absolute Gasteiger partial charge is 0.119 e. The summed E-state index contributed by atoms with van der Waals surface area (Å²) in [6, 6.07) is 8.70. The van der Waals surface area contributed by atoms with Crippen LogP contribution in [0, 0.1) is 12.8 Å². The lowest BCUT2D eigenvalue weighted by Crippen LogP contribution is -2.40. The number of hydrogen-bond acceptors (Lipinski definition) is 3. The third kappa shape index (κ3) is 3.10. The summed E-state index contributed by atoms with van der Waals surface area (Å²) in [5.41, 5.74) is 1.22. The zero-order valence-corrected chi connectivity index (χ0v) is 11.6. The quantitative estimate of drug-likeness (QED) is 0.882. The molecule has 2 fully saturated rings. The molecule has 0 aromatic heterocycles. The van der Waals surface area contributed by atoms with Gasteiger partial charge >= 0.3 is 0 Å². The van der Waals surface area contributed by atoms with E-state index in [0.717, 1.165) is 24.3 Å². The molecule has 1 saturated heterocycles. The number of aliphatic hydroxyl groups is 1. The molecule has 1 saturated carbocycles. The summed E-state index contributed by atoms with van der Waals surface area (Å²) >= 11 is 0. The molecule has 1 aromatic carbocycles. The molecule has 3 nitrogen and oxygen atoms in total. The third-order valence-corrected chi connectivity index (χ3v) is 4.43. The van der Waals surface area contributed by atoms with Crippen molar-refractivity contribution >= 4 is 0 Å². The summed E-state index contributed by atoms with van der Waals surface area (Å²) in [4.78, 5) is 2.44. The lowest BCUT2D eigenvalue weighted by Gasteiger charge is -2.28. The summed E-state index contributed by atoms with van der Waals surface area (Å²) in [6.07, 6.45) is 3.65. The molecule has 19 heavy (non-hydrogen) atoms. The van der Waals surface area contributed by atoms with E-state index in [-0.39, 0.29) is 6.10 Å². The summed E-state index contributed by atoms with van der Waals surface area (Å²) in [7, 11) is 0. The van der Waals surface area contributed by atoms with Crippen LogP contribution in [0.2, 0.25) is 0 Å². The van der Waals surface area contributed by atoms with Gasteiger partial charge < -0.3 is 9.84 Å². The van der Waals surface area contributed by atoms with Crippen LogP contribution in [-0.4, -0.2) is 41.8 Å². The second-order valence-corrected chi connectivity index (χ2v) is 6.06. The molecule has 1 aliphatic heterocycles. The van der Waals surface area contributed by atoms with Crippen LogP contribution in [0.1, 0.15) is 24.8 Å². The maximum Gasteiger partial charge on any atom is 0.119 e. The van der Waals surface area contributed by atoms with Crippen LogP contribution >= 0.6 is 0 Å². The van der Waals surface area contributed by atoms with Crippen LogP contribution in [0.15, 0.2) is 24.3 Å². The van der Waals surface area contributed by atoms with Crippen LogP contribution < -0.4 is 4.74 Å². The largest absolute Gasteiger partial charge is 0.491 e. The van der Waals surface area contributed by atoms with E-state index >= 15 is 0 Å². The minimum absolute atomic E-state index is 0.386. The molecule has 2 aliphatic rings. The Balaban J connectivity index is 1.44. The van der Waals surface area contributed by atoms with E-state index in [0.29, 0.717) is 6.61 Å². The van der Waals surface area contributed by atoms with Crippen molar-refractivity contribution in [2.75, 3.05) is 19.7 Å². The van der Waals surface area contributed by atoms with Crippen molar-refractivity contribution < 1.29 is 9.84 Å². The molecule has 3 atom stereocenters.